The van der Waals surface area contributed by atoms with Crippen molar-refractivity contribution >= 4 is 0 Å². The number of aryl methyl sites for hydroxylation is 1. The summed E-state index contributed by atoms with van der Waals surface area (Å²) in [4.78, 5) is 8.33. The smallest absolute Gasteiger partial charge is 0.141 e. The number of rotatable bonds is 5. The number of nitrogens with zero attached hydrogens (tertiary/aromatic N) is 2. The van der Waals surface area contributed by atoms with Gasteiger partial charge in [0.2, 0.25) is 0 Å². The van der Waals surface area contributed by atoms with Crippen LogP contribution in [0.1, 0.15) is 17.0 Å². The Morgan fingerprint density at radius 1 is 1.06 bits per heavy atom. The maximum atomic E-state index is 4.17. The first kappa shape index (κ1) is 11.7. The Labute approximate surface area is 102 Å². The summed E-state index contributed by atoms with van der Waals surface area (Å²) in [5.41, 5.74) is 2.75. The Morgan fingerprint density at radius 2 is 1.82 bits per heavy atom. The molecule has 0 aliphatic rings. The zero-order valence-corrected chi connectivity index (χ0v) is 10.1. The second kappa shape index (κ2) is 6.11. The van der Waals surface area contributed by atoms with E-state index < -0.39 is 0 Å². The van der Waals surface area contributed by atoms with Crippen molar-refractivity contribution in [3.63, 3.8) is 0 Å². The Hall–Kier alpha value is -1.74. The third-order valence-corrected chi connectivity index (χ3v) is 2.73. The molecule has 0 unspecified atom stereocenters. The van der Waals surface area contributed by atoms with Crippen LogP contribution in [0.25, 0.3) is 0 Å². The highest BCUT2D eigenvalue weighted by molar-refractivity contribution is 5.25. The van der Waals surface area contributed by atoms with E-state index in [9.17, 15) is 0 Å². The number of hydrogen-bond acceptors (Lipinski definition) is 3. The van der Waals surface area contributed by atoms with E-state index >= 15 is 0 Å². The Morgan fingerprint density at radius 3 is 2.59 bits per heavy atom. The molecule has 3 heteroatoms. The van der Waals surface area contributed by atoms with Gasteiger partial charge in [-0.15, -0.1) is 0 Å². The van der Waals surface area contributed by atoms with Gasteiger partial charge >= 0.3 is 0 Å². The first-order valence-corrected chi connectivity index (χ1v) is 5.87. The molecule has 0 aliphatic heterocycles. The first-order valence-electron chi connectivity index (χ1n) is 5.87. The summed E-state index contributed by atoms with van der Waals surface area (Å²) in [6, 6.07) is 10.3. The quantitative estimate of drug-likeness (QED) is 0.795. The average Bonchev–Trinajstić information content (AvgIpc) is 2.38. The topological polar surface area (TPSA) is 37.8 Å². The second-order valence-electron chi connectivity index (χ2n) is 4.02. The highest BCUT2D eigenvalue weighted by atomic mass is 14.9. The van der Waals surface area contributed by atoms with E-state index in [0.29, 0.717) is 0 Å². The van der Waals surface area contributed by atoms with E-state index in [4.69, 9.17) is 0 Å². The number of hydrogen-bond donors (Lipinski definition) is 1. The van der Waals surface area contributed by atoms with Crippen molar-refractivity contribution in [1.82, 2.24) is 15.3 Å². The van der Waals surface area contributed by atoms with Crippen LogP contribution in [0.4, 0.5) is 0 Å². The van der Waals surface area contributed by atoms with Crippen LogP contribution in [0.5, 0.6) is 0 Å². The Bertz CT molecular complexity index is 454. The van der Waals surface area contributed by atoms with Crippen LogP contribution in [0.2, 0.25) is 0 Å². The predicted octanol–water partition coefficient (Wildman–Crippen LogP) is 2.12. The fourth-order valence-corrected chi connectivity index (χ4v) is 1.74. The number of benzene rings is 1. The van der Waals surface area contributed by atoms with Gasteiger partial charge in [-0.25, -0.2) is 9.97 Å². The van der Waals surface area contributed by atoms with Crippen molar-refractivity contribution in [2.75, 3.05) is 6.54 Å². The molecule has 0 bridgehead atoms. The summed E-state index contributed by atoms with van der Waals surface area (Å²) in [5.74, 6) is 0.845. The molecule has 0 atom stereocenters. The van der Waals surface area contributed by atoms with Crippen LogP contribution in [0.3, 0.4) is 0 Å². The third kappa shape index (κ3) is 3.64. The lowest BCUT2D eigenvalue weighted by atomic mass is 10.1. The lowest BCUT2D eigenvalue weighted by Gasteiger charge is -2.06. The molecule has 17 heavy (non-hydrogen) atoms. The third-order valence-electron chi connectivity index (χ3n) is 2.73. The summed E-state index contributed by atoms with van der Waals surface area (Å²) in [7, 11) is 0. The minimum Gasteiger partial charge on any atom is -0.310 e. The number of aromatic nitrogens is 2. The monoisotopic (exact) mass is 227 g/mol. The lowest BCUT2D eigenvalue weighted by Crippen LogP contribution is -2.18. The van der Waals surface area contributed by atoms with Gasteiger partial charge < -0.3 is 5.32 Å². The highest BCUT2D eigenvalue weighted by Crippen LogP contribution is 2.06. The molecule has 2 aromatic rings. The molecule has 2 rings (SSSR count). The van der Waals surface area contributed by atoms with Gasteiger partial charge in [0.05, 0.1) is 6.54 Å². The molecule has 0 fully saturated rings. The Balaban J connectivity index is 1.76. The predicted molar refractivity (Wildman–Crippen MR) is 68.6 cm³/mol. The largest absolute Gasteiger partial charge is 0.310 e. The van der Waals surface area contributed by atoms with E-state index in [-0.39, 0.29) is 0 Å². The van der Waals surface area contributed by atoms with Crippen molar-refractivity contribution in [1.29, 1.82) is 0 Å². The molecule has 0 saturated carbocycles. The van der Waals surface area contributed by atoms with Gasteiger partial charge in [0.15, 0.2) is 0 Å². The molecule has 0 aliphatic carbocycles. The average molecular weight is 227 g/mol. The zero-order valence-electron chi connectivity index (χ0n) is 10.1. The molecule has 1 aromatic heterocycles. The van der Waals surface area contributed by atoms with Gasteiger partial charge in [0.25, 0.3) is 0 Å². The minimum atomic E-state index is 0.729. The van der Waals surface area contributed by atoms with E-state index in [1.165, 1.54) is 11.1 Å². The molecule has 0 radical (unpaired) electrons. The van der Waals surface area contributed by atoms with E-state index in [1.807, 2.05) is 6.07 Å². The standard InChI is InChI=1S/C14H17N3/c1-12-5-2-3-6-13(12)7-10-15-11-14-16-8-4-9-17-14/h2-6,8-9,15H,7,10-11H2,1H3. The molecule has 0 amide bonds. The van der Waals surface area contributed by atoms with E-state index in [2.05, 4.69) is 46.5 Å². The molecule has 1 aromatic carbocycles. The van der Waals surface area contributed by atoms with Crippen molar-refractivity contribution in [2.24, 2.45) is 0 Å². The summed E-state index contributed by atoms with van der Waals surface area (Å²) in [5, 5.41) is 3.35. The van der Waals surface area contributed by atoms with Gasteiger partial charge in [-0.2, -0.15) is 0 Å². The molecule has 0 spiro atoms. The second-order valence-corrected chi connectivity index (χ2v) is 4.02. The summed E-state index contributed by atoms with van der Waals surface area (Å²) < 4.78 is 0. The van der Waals surface area contributed by atoms with Crippen LogP contribution in [0.15, 0.2) is 42.7 Å². The molecule has 0 saturated heterocycles. The summed E-state index contributed by atoms with van der Waals surface area (Å²) in [6.45, 7) is 3.82. The van der Waals surface area contributed by atoms with Gasteiger partial charge in [0, 0.05) is 12.4 Å². The lowest BCUT2D eigenvalue weighted by molar-refractivity contribution is 0.658. The molecule has 3 nitrogen and oxygen atoms in total. The van der Waals surface area contributed by atoms with Crippen molar-refractivity contribution in [2.45, 2.75) is 19.9 Å². The summed E-state index contributed by atoms with van der Waals surface area (Å²) in [6.07, 6.45) is 4.58. The summed E-state index contributed by atoms with van der Waals surface area (Å²) >= 11 is 0. The minimum absolute atomic E-state index is 0.729. The van der Waals surface area contributed by atoms with Crippen molar-refractivity contribution in [3.05, 3.63) is 59.7 Å². The van der Waals surface area contributed by atoms with Gasteiger partial charge in [-0.3, -0.25) is 0 Å². The molecular weight excluding hydrogens is 210 g/mol. The van der Waals surface area contributed by atoms with Crippen LogP contribution >= 0.6 is 0 Å². The first-order chi connectivity index (χ1) is 8.36. The molecule has 1 N–H and O–H groups in total. The van der Waals surface area contributed by atoms with Crippen LogP contribution in [0, 0.1) is 6.92 Å². The van der Waals surface area contributed by atoms with Gasteiger partial charge in [0.1, 0.15) is 5.82 Å². The highest BCUT2D eigenvalue weighted by Gasteiger charge is 1.97. The van der Waals surface area contributed by atoms with Crippen LogP contribution < -0.4 is 5.32 Å². The normalized spacial score (nSPS) is 10.4. The number of nitrogens with one attached hydrogen (secondary N) is 1. The van der Waals surface area contributed by atoms with Gasteiger partial charge in [-0.05, 0) is 37.1 Å². The van der Waals surface area contributed by atoms with Crippen molar-refractivity contribution < 1.29 is 0 Å². The van der Waals surface area contributed by atoms with Crippen molar-refractivity contribution in [3.8, 4) is 0 Å². The van der Waals surface area contributed by atoms with Gasteiger partial charge in [-0.1, -0.05) is 24.3 Å². The SMILES string of the molecule is Cc1ccccc1CCNCc1ncccn1. The molecule has 88 valence electrons. The van der Waals surface area contributed by atoms with Crippen LogP contribution in [-0.2, 0) is 13.0 Å². The van der Waals surface area contributed by atoms with E-state index in [0.717, 1.165) is 25.3 Å². The molecule has 1 heterocycles. The Kier molecular flexibility index (Phi) is 4.22. The maximum Gasteiger partial charge on any atom is 0.141 e. The fourth-order valence-electron chi connectivity index (χ4n) is 1.74. The van der Waals surface area contributed by atoms with Crippen LogP contribution in [-0.4, -0.2) is 16.5 Å². The zero-order chi connectivity index (χ0) is 11.9. The van der Waals surface area contributed by atoms with E-state index in [1.54, 1.807) is 12.4 Å². The molecular formula is C14H17N3. The fraction of sp³-hybridized carbons (Fsp3) is 0.286. The maximum absolute atomic E-state index is 4.17.